The zero-order valence-electron chi connectivity index (χ0n) is 11.8. The van der Waals surface area contributed by atoms with Gasteiger partial charge in [0.25, 0.3) is 0 Å². The Morgan fingerprint density at radius 1 is 1.40 bits per heavy atom. The molecule has 0 spiro atoms. The van der Waals surface area contributed by atoms with Crippen molar-refractivity contribution >= 4 is 12.0 Å². The van der Waals surface area contributed by atoms with Crippen molar-refractivity contribution in [2.45, 2.75) is 45.7 Å². The van der Waals surface area contributed by atoms with E-state index in [1.54, 1.807) is 11.8 Å². The largest absolute Gasteiger partial charge is 0.481 e. The van der Waals surface area contributed by atoms with Crippen LogP contribution in [0.4, 0.5) is 4.79 Å². The predicted molar refractivity (Wildman–Crippen MR) is 69.8 cm³/mol. The van der Waals surface area contributed by atoms with Gasteiger partial charge in [0.2, 0.25) is 0 Å². The number of hydrogen-bond donors (Lipinski definition) is 3. The molecule has 2 amide bonds. The topological polar surface area (TPSA) is 124 Å². The average molecular weight is 284 g/mol. The van der Waals surface area contributed by atoms with Gasteiger partial charge in [-0.3, -0.25) is 4.79 Å². The predicted octanol–water partition coefficient (Wildman–Crippen LogP) is 0.545. The molecule has 20 heavy (non-hydrogen) atoms. The molecule has 1 heterocycles. The molecule has 1 aromatic rings. The number of hydrogen-bond acceptors (Lipinski definition) is 5. The van der Waals surface area contributed by atoms with Crippen LogP contribution >= 0.6 is 0 Å². The van der Waals surface area contributed by atoms with E-state index in [1.165, 1.54) is 0 Å². The number of aromatic nitrogens is 4. The molecular formula is C11H20N6O3. The second-order valence-corrected chi connectivity index (χ2v) is 4.73. The van der Waals surface area contributed by atoms with Gasteiger partial charge < -0.3 is 15.3 Å². The number of amides is 2. The number of tetrazole rings is 1. The van der Waals surface area contributed by atoms with E-state index in [-0.39, 0.29) is 24.5 Å². The standard InChI is InChI=1S/C11H20N6O3/c1-7(2)17(6-4-5-9(18)19)11(20)12-8(3)10-13-15-16-14-10/h7-8H,4-6H2,1-3H3,(H,12,20)(H,18,19)(H,13,14,15,16). The molecule has 0 aromatic carbocycles. The van der Waals surface area contributed by atoms with Gasteiger partial charge in [0, 0.05) is 19.0 Å². The minimum absolute atomic E-state index is 0.0266. The van der Waals surface area contributed by atoms with Crippen LogP contribution in [0.2, 0.25) is 0 Å². The Balaban J connectivity index is 2.53. The molecule has 1 atom stereocenters. The molecule has 0 aliphatic rings. The maximum Gasteiger partial charge on any atom is 0.318 e. The molecule has 1 rings (SSSR count). The lowest BCUT2D eigenvalue weighted by Gasteiger charge is -2.27. The molecule has 0 radical (unpaired) electrons. The van der Waals surface area contributed by atoms with Crippen molar-refractivity contribution in [3.63, 3.8) is 0 Å². The van der Waals surface area contributed by atoms with Crippen LogP contribution < -0.4 is 5.32 Å². The molecule has 0 aliphatic carbocycles. The van der Waals surface area contributed by atoms with Gasteiger partial charge in [0.05, 0.1) is 6.04 Å². The van der Waals surface area contributed by atoms with E-state index in [0.29, 0.717) is 18.8 Å². The quantitative estimate of drug-likeness (QED) is 0.671. The number of carbonyl (C=O) groups is 2. The highest BCUT2D eigenvalue weighted by Crippen LogP contribution is 2.08. The fourth-order valence-corrected chi connectivity index (χ4v) is 1.68. The molecule has 1 aromatic heterocycles. The van der Waals surface area contributed by atoms with Gasteiger partial charge in [-0.25, -0.2) is 4.79 Å². The number of rotatable bonds is 7. The summed E-state index contributed by atoms with van der Waals surface area (Å²) >= 11 is 0. The van der Waals surface area contributed by atoms with Crippen molar-refractivity contribution in [1.82, 2.24) is 30.8 Å². The number of nitrogens with one attached hydrogen (secondary N) is 2. The first kappa shape index (κ1) is 15.9. The molecule has 1 unspecified atom stereocenters. The number of carboxylic acids is 1. The van der Waals surface area contributed by atoms with Gasteiger partial charge in [-0.2, -0.15) is 5.21 Å². The molecule has 9 heteroatoms. The highest BCUT2D eigenvalue weighted by Gasteiger charge is 2.20. The highest BCUT2D eigenvalue weighted by atomic mass is 16.4. The van der Waals surface area contributed by atoms with Gasteiger partial charge in [-0.05, 0) is 27.2 Å². The van der Waals surface area contributed by atoms with Crippen molar-refractivity contribution in [1.29, 1.82) is 0 Å². The number of aliphatic carboxylic acids is 1. The lowest BCUT2D eigenvalue weighted by molar-refractivity contribution is -0.137. The summed E-state index contributed by atoms with van der Waals surface area (Å²) in [5, 5.41) is 24.7. The van der Waals surface area contributed by atoms with Crippen LogP contribution in [0.1, 0.15) is 45.5 Å². The normalized spacial score (nSPS) is 12.2. The van der Waals surface area contributed by atoms with Gasteiger partial charge in [-0.15, -0.1) is 10.2 Å². The molecule has 0 saturated carbocycles. The SMILES string of the molecule is CC(NC(=O)N(CCCC(=O)O)C(C)C)c1nn[nH]n1. The van der Waals surface area contributed by atoms with Crippen molar-refractivity contribution in [3.8, 4) is 0 Å². The maximum absolute atomic E-state index is 12.1. The first-order valence-corrected chi connectivity index (χ1v) is 6.44. The second kappa shape index (κ2) is 7.41. The van der Waals surface area contributed by atoms with Crippen LogP contribution in [0.3, 0.4) is 0 Å². The first-order valence-electron chi connectivity index (χ1n) is 6.44. The molecule has 9 nitrogen and oxygen atoms in total. The molecule has 112 valence electrons. The zero-order chi connectivity index (χ0) is 15.1. The second-order valence-electron chi connectivity index (χ2n) is 4.73. The summed E-state index contributed by atoms with van der Waals surface area (Å²) in [5.41, 5.74) is 0. The fourth-order valence-electron chi connectivity index (χ4n) is 1.68. The summed E-state index contributed by atoms with van der Waals surface area (Å²) in [7, 11) is 0. The molecule has 0 bridgehead atoms. The highest BCUT2D eigenvalue weighted by molar-refractivity contribution is 5.75. The van der Waals surface area contributed by atoms with E-state index >= 15 is 0 Å². The van der Waals surface area contributed by atoms with E-state index in [2.05, 4.69) is 25.9 Å². The Morgan fingerprint density at radius 3 is 2.60 bits per heavy atom. The van der Waals surface area contributed by atoms with E-state index < -0.39 is 5.97 Å². The molecule has 0 aliphatic heterocycles. The molecule has 0 saturated heterocycles. The van der Waals surface area contributed by atoms with Crippen molar-refractivity contribution in [2.24, 2.45) is 0 Å². The third-order valence-corrected chi connectivity index (χ3v) is 2.76. The van der Waals surface area contributed by atoms with Crippen LogP contribution in [0.25, 0.3) is 0 Å². The summed E-state index contributed by atoms with van der Waals surface area (Å²) in [6, 6.07) is -0.675. The Hall–Kier alpha value is -2.19. The Kier molecular flexibility index (Phi) is 5.88. The lowest BCUT2D eigenvalue weighted by Crippen LogP contribution is -2.45. The van der Waals surface area contributed by atoms with E-state index in [0.717, 1.165) is 0 Å². The van der Waals surface area contributed by atoms with Crippen molar-refractivity contribution in [2.75, 3.05) is 6.54 Å². The number of carboxylic acid groups (broad SMARTS) is 1. The van der Waals surface area contributed by atoms with Gasteiger partial charge in [-0.1, -0.05) is 5.21 Å². The van der Waals surface area contributed by atoms with Crippen LogP contribution in [-0.2, 0) is 4.79 Å². The summed E-state index contributed by atoms with van der Waals surface area (Å²) in [5.74, 6) is -0.470. The van der Waals surface area contributed by atoms with E-state index in [4.69, 9.17) is 5.11 Å². The number of aromatic amines is 1. The molecule has 0 fully saturated rings. The molecule has 3 N–H and O–H groups in total. The summed E-state index contributed by atoms with van der Waals surface area (Å²) in [6.45, 7) is 5.88. The van der Waals surface area contributed by atoms with E-state index in [1.807, 2.05) is 13.8 Å². The minimum atomic E-state index is -0.866. The maximum atomic E-state index is 12.1. The van der Waals surface area contributed by atoms with Gasteiger partial charge >= 0.3 is 12.0 Å². The Labute approximate surface area is 116 Å². The number of urea groups is 1. The monoisotopic (exact) mass is 284 g/mol. The fraction of sp³-hybridized carbons (Fsp3) is 0.727. The molecular weight excluding hydrogens is 264 g/mol. The summed E-state index contributed by atoms with van der Waals surface area (Å²) < 4.78 is 0. The van der Waals surface area contributed by atoms with Crippen molar-refractivity contribution in [3.05, 3.63) is 5.82 Å². The lowest BCUT2D eigenvalue weighted by atomic mass is 10.2. The van der Waals surface area contributed by atoms with Crippen LogP contribution in [0.5, 0.6) is 0 Å². The number of carbonyl (C=O) groups excluding carboxylic acids is 1. The van der Waals surface area contributed by atoms with E-state index in [9.17, 15) is 9.59 Å². The zero-order valence-corrected chi connectivity index (χ0v) is 11.8. The van der Waals surface area contributed by atoms with Crippen LogP contribution in [0.15, 0.2) is 0 Å². The van der Waals surface area contributed by atoms with Crippen LogP contribution in [-0.4, -0.2) is 55.2 Å². The third kappa shape index (κ3) is 4.82. The van der Waals surface area contributed by atoms with Crippen LogP contribution in [0, 0.1) is 0 Å². The first-order chi connectivity index (χ1) is 9.41. The van der Waals surface area contributed by atoms with Gasteiger partial charge in [0.1, 0.15) is 0 Å². The third-order valence-electron chi connectivity index (χ3n) is 2.76. The summed E-state index contributed by atoms with van der Waals surface area (Å²) in [4.78, 5) is 24.2. The van der Waals surface area contributed by atoms with Gasteiger partial charge in [0.15, 0.2) is 5.82 Å². The number of H-pyrrole nitrogens is 1. The number of nitrogens with zero attached hydrogens (tertiary/aromatic N) is 4. The Morgan fingerprint density at radius 2 is 2.10 bits per heavy atom. The summed E-state index contributed by atoms with van der Waals surface area (Å²) in [6.07, 6.45) is 0.453. The Bertz CT molecular complexity index is 433. The smallest absolute Gasteiger partial charge is 0.318 e. The van der Waals surface area contributed by atoms with Crippen molar-refractivity contribution < 1.29 is 14.7 Å². The minimum Gasteiger partial charge on any atom is -0.481 e. The average Bonchev–Trinajstić information content (AvgIpc) is 2.87.